The average molecular weight is 210 g/mol. The molecule has 0 amide bonds. The molecule has 0 aromatic carbocycles. The average Bonchev–Trinajstić information content (AvgIpc) is 2.51. The Kier molecular flexibility index (Phi) is 3.12. The maximum absolute atomic E-state index is 12.0. The molecule has 0 aliphatic heterocycles. The van der Waals surface area contributed by atoms with Crippen LogP contribution in [0.15, 0.2) is 10.7 Å². The number of alkyl halides is 3. The minimum atomic E-state index is -4.62. The molecule has 1 aromatic rings. The van der Waals surface area contributed by atoms with Gasteiger partial charge in [0.2, 0.25) is 0 Å². The van der Waals surface area contributed by atoms with Crippen LogP contribution < -0.4 is 5.73 Å². The number of hydrogen-bond acceptors (Lipinski definition) is 4. The summed E-state index contributed by atoms with van der Waals surface area (Å²) in [6, 6.07) is 0. The Morgan fingerprint density at radius 1 is 1.57 bits per heavy atom. The summed E-state index contributed by atoms with van der Waals surface area (Å²) in [4.78, 5) is 3.10. The highest BCUT2D eigenvalue weighted by molar-refractivity contribution is 5.02. The number of aliphatic hydroxyl groups is 1. The largest absolute Gasteiger partial charge is 0.468 e. The van der Waals surface area contributed by atoms with Gasteiger partial charge in [-0.05, 0) is 13.0 Å². The van der Waals surface area contributed by atoms with Crippen molar-refractivity contribution in [3.8, 4) is 0 Å². The molecule has 1 aromatic heterocycles. The predicted octanol–water partition coefficient (Wildman–Crippen LogP) is 1.08. The number of rotatable bonds is 3. The number of nitrogens with two attached hydrogens (primary N) is 1. The molecule has 0 radical (unpaired) electrons. The highest BCUT2D eigenvalue weighted by Gasteiger charge is 2.37. The fourth-order valence-electron chi connectivity index (χ4n) is 0.875. The lowest BCUT2D eigenvalue weighted by Crippen LogP contribution is -2.09. The van der Waals surface area contributed by atoms with E-state index in [1.807, 2.05) is 0 Å². The second-order valence-corrected chi connectivity index (χ2v) is 2.67. The van der Waals surface area contributed by atoms with Gasteiger partial charge < -0.3 is 15.3 Å². The van der Waals surface area contributed by atoms with Gasteiger partial charge >= 0.3 is 12.1 Å². The van der Waals surface area contributed by atoms with Gasteiger partial charge in [0.25, 0.3) is 0 Å². The number of aliphatic hydroxyl groups excluding tert-OH is 1. The Labute approximate surface area is 77.5 Å². The summed E-state index contributed by atoms with van der Waals surface area (Å²) in [6.45, 7) is 0.162. The third kappa shape index (κ3) is 2.46. The van der Waals surface area contributed by atoms with Gasteiger partial charge in [-0.25, -0.2) is 4.98 Å². The zero-order chi connectivity index (χ0) is 10.8. The quantitative estimate of drug-likeness (QED) is 0.782. The van der Waals surface area contributed by atoms with Crippen LogP contribution in [0.4, 0.5) is 13.2 Å². The van der Waals surface area contributed by atoms with Crippen LogP contribution in [0.3, 0.4) is 0 Å². The van der Waals surface area contributed by atoms with Crippen LogP contribution in [-0.2, 0) is 6.18 Å². The second kappa shape index (κ2) is 3.97. The van der Waals surface area contributed by atoms with Crippen molar-refractivity contribution in [2.75, 3.05) is 6.54 Å². The number of hydrogen-bond donors (Lipinski definition) is 2. The molecule has 7 heteroatoms. The van der Waals surface area contributed by atoms with E-state index in [1.165, 1.54) is 0 Å². The summed E-state index contributed by atoms with van der Waals surface area (Å²) in [5.74, 6) is -1.36. The molecule has 14 heavy (non-hydrogen) atoms. The van der Waals surface area contributed by atoms with Crippen LogP contribution in [0, 0.1) is 0 Å². The van der Waals surface area contributed by atoms with Crippen molar-refractivity contribution in [1.29, 1.82) is 0 Å². The standard InChI is InChI=1S/C7H9F3N2O2/c8-7(9,10)6-12-4(3-14-6)5(13)1-2-11/h3,5,13H,1-2,11H2. The minimum absolute atomic E-state index is 0.143. The number of oxazole rings is 1. The molecule has 0 bridgehead atoms. The molecule has 3 N–H and O–H groups in total. The van der Waals surface area contributed by atoms with E-state index in [1.54, 1.807) is 0 Å². The maximum atomic E-state index is 12.0. The van der Waals surface area contributed by atoms with Gasteiger partial charge in [0.15, 0.2) is 0 Å². The van der Waals surface area contributed by atoms with Crippen molar-refractivity contribution >= 4 is 0 Å². The van der Waals surface area contributed by atoms with Crippen LogP contribution in [0.1, 0.15) is 24.1 Å². The lowest BCUT2D eigenvalue weighted by Gasteiger charge is -2.03. The molecular formula is C7H9F3N2O2. The molecule has 1 rings (SSSR count). The lowest BCUT2D eigenvalue weighted by atomic mass is 10.2. The molecule has 0 saturated heterocycles. The minimum Gasteiger partial charge on any atom is -0.441 e. The van der Waals surface area contributed by atoms with E-state index < -0.39 is 18.2 Å². The Morgan fingerprint density at radius 3 is 2.64 bits per heavy atom. The first-order chi connectivity index (χ1) is 6.45. The summed E-state index contributed by atoms with van der Waals surface area (Å²) >= 11 is 0. The zero-order valence-electron chi connectivity index (χ0n) is 7.08. The number of aromatic nitrogens is 1. The van der Waals surface area contributed by atoms with Gasteiger partial charge in [0.05, 0.1) is 0 Å². The highest BCUT2D eigenvalue weighted by atomic mass is 19.4. The zero-order valence-corrected chi connectivity index (χ0v) is 7.08. The molecule has 0 saturated carbocycles. The molecular weight excluding hydrogens is 201 g/mol. The van der Waals surface area contributed by atoms with Crippen molar-refractivity contribution in [3.05, 3.63) is 17.8 Å². The Bertz CT molecular complexity index is 297. The van der Waals surface area contributed by atoms with E-state index in [0.29, 0.717) is 0 Å². The van der Waals surface area contributed by atoms with E-state index in [4.69, 9.17) is 5.73 Å². The number of halogens is 3. The van der Waals surface area contributed by atoms with Crippen LogP contribution in [0.5, 0.6) is 0 Å². The summed E-state index contributed by atoms with van der Waals surface area (Å²) in [7, 11) is 0. The van der Waals surface area contributed by atoms with Gasteiger partial charge in [-0.3, -0.25) is 0 Å². The third-order valence-electron chi connectivity index (χ3n) is 1.55. The first-order valence-electron chi connectivity index (χ1n) is 3.86. The third-order valence-corrected chi connectivity index (χ3v) is 1.55. The summed E-state index contributed by atoms with van der Waals surface area (Å²) in [5.41, 5.74) is 4.97. The van der Waals surface area contributed by atoms with Gasteiger partial charge in [-0.1, -0.05) is 0 Å². The fraction of sp³-hybridized carbons (Fsp3) is 0.571. The second-order valence-electron chi connectivity index (χ2n) is 2.67. The Morgan fingerprint density at radius 2 is 2.21 bits per heavy atom. The van der Waals surface area contributed by atoms with Crippen molar-refractivity contribution in [2.45, 2.75) is 18.7 Å². The number of nitrogens with zero attached hydrogens (tertiary/aromatic N) is 1. The molecule has 0 fully saturated rings. The molecule has 0 aliphatic carbocycles. The first-order valence-corrected chi connectivity index (χ1v) is 3.86. The molecule has 1 unspecified atom stereocenters. The van der Waals surface area contributed by atoms with E-state index in [-0.39, 0.29) is 18.7 Å². The van der Waals surface area contributed by atoms with Crippen LogP contribution in [0.25, 0.3) is 0 Å². The van der Waals surface area contributed by atoms with Crippen LogP contribution in [-0.4, -0.2) is 16.6 Å². The molecule has 4 nitrogen and oxygen atoms in total. The molecule has 1 heterocycles. The van der Waals surface area contributed by atoms with Crippen molar-refractivity contribution in [2.24, 2.45) is 5.73 Å². The predicted molar refractivity (Wildman–Crippen MR) is 40.1 cm³/mol. The smallest absolute Gasteiger partial charge is 0.441 e. The molecule has 0 spiro atoms. The van der Waals surface area contributed by atoms with Gasteiger partial charge in [0, 0.05) is 0 Å². The van der Waals surface area contributed by atoms with Crippen LogP contribution >= 0.6 is 0 Å². The van der Waals surface area contributed by atoms with E-state index in [2.05, 4.69) is 9.40 Å². The molecule has 80 valence electrons. The van der Waals surface area contributed by atoms with E-state index in [0.717, 1.165) is 6.26 Å². The van der Waals surface area contributed by atoms with Crippen LogP contribution in [0.2, 0.25) is 0 Å². The van der Waals surface area contributed by atoms with Crippen molar-refractivity contribution in [1.82, 2.24) is 4.98 Å². The Hall–Kier alpha value is -1.08. The summed E-state index contributed by atoms with van der Waals surface area (Å²) in [6.07, 6.45) is -4.81. The molecule has 1 atom stereocenters. The van der Waals surface area contributed by atoms with Crippen molar-refractivity contribution in [3.63, 3.8) is 0 Å². The van der Waals surface area contributed by atoms with Gasteiger partial charge in [-0.2, -0.15) is 13.2 Å². The SMILES string of the molecule is NCCC(O)c1coc(C(F)(F)F)n1. The lowest BCUT2D eigenvalue weighted by molar-refractivity contribution is -0.157. The van der Waals surface area contributed by atoms with E-state index >= 15 is 0 Å². The maximum Gasteiger partial charge on any atom is 0.468 e. The van der Waals surface area contributed by atoms with Gasteiger partial charge in [0.1, 0.15) is 18.1 Å². The topological polar surface area (TPSA) is 72.3 Å². The fourth-order valence-corrected chi connectivity index (χ4v) is 0.875. The highest BCUT2D eigenvalue weighted by Crippen LogP contribution is 2.29. The normalized spacial score (nSPS) is 14.4. The first kappa shape index (κ1) is 11.0. The summed E-state index contributed by atoms with van der Waals surface area (Å²) in [5, 5.41) is 9.23. The Balaban J connectivity index is 2.78. The monoisotopic (exact) mass is 210 g/mol. The van der Waals surface area contributed by atoms with Crippen molar-refractivity contribution < 1.29 is 22.7 Å². The van der Waals surface area contributed by atoms with E-state index in [9.17, 15) is 18.3 Å². The summed E-state index contributed by atoms with van der Waals surface area (Å²) < 4.78 is 40.1. The molecule has 0 aliphatic rings. The van der Waals surface area contributed by atoms with Gasteiger partial charge in [-0.15, -0.1) is 0 Å².